The van der Waals surface area contributed by atoms with Crippen LogP contribution in [-0.4, -0.2) is 31.4 Å². The van der Waals surface area contributed by atoms with Gasteiger partial charge in [0, 0.05) is 18.6 Å². The van der Waals surface area contributed by atoms with Gasteiger partial charge in [0.05, 0.1) is 9.37 Å². The number of nitrogens with zero attached hydrogens (tertiary/aromatic N) is 1. The molecule has 0 saturated heterocycles. The first-order chi connectivity index (χ1) is 9.86. The summed E-state index contributed by atoms with van der Waals surface area (Å²) in [4.78, 5) is -0.0000723. The second-order valence-corrected chi connectivity index (χ2v) is 8.10. The summed E-state index contributed by atoms with van der Waals surface area (Å²) in [5, 5.41) is 0. The molecule has 118 valence electrons. The van der Waals surface area contributed by atoms with Gasteiger partial charge < -0.3 is 5.73 Å². The van der Waals surface area contributed by atoms with E-state index in [1.807, 2.05) is 0 Å². The van der Waals surface area contributed by atoms with Crippen LogP contribution in [0.4, 0.5) is 4.39 Å². The zero-order valence-electron chi connectivity index (χ0n) is 11.9. The van der Waals surface area contributed by atoms with Crippen molar-refractivity contribution in [3.8, 4) is 0 Å². The minimum Gasteiger partial charge on any atom is -0.328 e. The number of hydrogen-bond acceptors (Lipinski definition) is 3. The van der Waals surface area contributed by atoms with Crippen LogP contribution < -0.4 is 5.73 Å². The Hall–Kier alpha value is -0.500. The summed E-state index contributed by atoms with van der Waals surface area (Å²) in [6.07, 6.45) is 3.16. The zero-order chi connectivity index (χ0) is 15.6. The topological polar surface area (TPSA) is 63.4 Å². The Kier molecular flexibility index (Phi) is 5.40. The molecule has 21 heavy (non-hydrogen) atoms. The summed E-state index contributed by atoms with van der Waals surface area (Å²) >= 11 is 3.04. The van der Waals surface area contributed by atoms with Crippen LogP contribution in [0.25, 0.3) is 0 Å². The minimum atomic E-state index is -3.68. The molecule has 0 heterocycles. The SMILES string of the molecule is CCN(C1CCC(N)CC1)S(=O)(=O)c1ccc(Br)c(F)c1. The van der Waals surface area contributed by atoms with Crippen molar-refractivity contribution in [2.45, 2.75) is 49.6 Å². The molecule has 1 aromatic carbocycles. The fourth-order valence-electron chi connectivity index (χ4n) is 2.79. The summed E-state index contributed by atoms with van der Waals surface area (Å²) in [6.45, 7) is 2.18. The van der Waals surface area contributed by atoms with Crippen molar-refractivity contribution in [1.29, 1.82) is 0 Å². The van der Waals surface area contributed by atoms with Gasteiger partial charge in [0.2, 0.25) is 10.0 Å². The maximum absolute atomic E-state index is 13.6. The molecule has 1 aliphatic rings. The average molecular weight is 379 g/mol. The van der Waals surface area contributed by atoms with Crippen LogP contribution in [0.1, 0.15) is 32.6 Å². The van der Waals surface area contributed by atoms with Crippen LogP contribution in [0, 0.1) is 5.82 Å². The van der Waals surface area contributed by atoms with E-state index in [0.717, 1.165) is 31.7 Å². The molecule has 0 atom stereocenters. The predicted molar refractivity (Wildman–Crippen MR) is 83.9 cm³/mol. The Morgan fingerprint density at radius 3 is 2.48 bits per heavy atom. The Bertz CT molecular complexity index is 601. The Labute approximate surface area is 133 Å². The third-order valence-corrected chi connectivity index (χ3v) is 6.62. The second kappa shape index (κ2) is 6.73. The molecule has 2 N–H and O–H groups in total. The highest BCUT2D eigenvalue weighted by Crippen LogP contribution is 2.28. The largest absolute Gasteiger partial charge is 0.328 e. The first-order valence-electron chi connectivity index (χ1n) is 7.08. The highest BCUT2D eigenvalue weighted by Gasteiger charge is 2.32. The molecule has 0 unspecified atom stereocenters. The molecule has 7 heteroatoms. The lowest BCUT2D eigenvalue weighted by Crippen LogP contribution is -2.44. The summed E-state index contributed by atoms with van der Waals surface area (Å²) in [5.41, 5.74) is 5.87. The first-order valence-corrected chi connectivity index (χ1v) is 9.32. The monoisotopic (exact) mass is 378 g/mol. The predicted octanol–water partition coefficient (Wildman–Crippen LogP) is 2.87. The zero-order valence-corrected chi connectivity index (χ0v) is 14.3. The normalized spacial score (nSPS) is 23.5. The van der Waals surface area contributed by atoms with Gasteiger partial charge in [-0.05, 0) is 59.8 Å². The van der Waals surface area contributed by atoms with Crippen molar-refractivity contribution in [2.75, 3.05) is 6.54 Å². The van der Waals surface area contributed by atoms with Crippen LogP contribution in [0.2, 0.25) is 0 Å². The number of hydrogen-bond donors (Lipinski definition) is 1. The Morgan fingerprint density at radius 2 is 1.95 bits per heavy atom. The molecule has 0 amide bonds. The molecule has 0 radical (unpaired) electrons. The van der Waals surface area contributed by atoms with E-state index in [1.165, 1.54) is 16.4 Å². The van der Waals surface area contributed by atoms with Gasteiger partial charge in [-0.15, -0.1) is 0 Å². The molecule has 4 nitrogen and oxygen atoms in total. The van der Waals surface area contributed by atoms with Crippen molar-refractivity contribution < 1.29 is 12.8 Å². The van der Waals surface area contributed by atoms with E-state index in [2.05, 4.69) is 15.9 Å². The quantitative estimate of drug-likeness (QED) is 0.875. The maximum Gasteiger partial charge on any atom is 0.243 e. The number of halogens is 2. The third kappa shape index (κ3) is 3.64. The van der Waals surface area contributed by atoms with Crippen LogP contribution in [0.15, 0.2) is 27.6 Å². The lowest BCUT2D eigenvalue weighted by molar-refractivity contribution is 0.247. The molecule has 0 aliphatic heterocycles. The summed E-state index contributed by atoms with van der Waals surface area (Å²) in [6, 6.07) is 4.03. The van der Waals surface area contributed by atoms with Crippen molar-refractivity contribution in [3.05, 3.63) is 28.5 Å². The van der Waals surface area contributed by atoms with Crippen molar-refractivity contribution in [3.63, 3.8) is 0 Å². The first kappa shape index (κ1) is 16.9. The average Bonchev–Trinajstić information content (AvgIpc) is 2.44. The lowest BCUT2D eigenvalue weighted by atomic mass is 9.92. The van der Waals surface area contributed by atoms with Gasteiger partial charge in [-0.1, -0.05) is 6.92 Å². The van der Waals surface area contributed by atoms with E-state index < -0.39 is 15.8 Å². The number of rotatable bonds is 4. The Morgan fingerprint density at radius 1 is 1.33 bits per heavy atom. The molecule has 1 aliphatic carbocycles. The third-order valence-electron chi connectivity index (χ3n) is 3.96. The lowest BCUT2D eigenvalue weighted by Gasteiger charge is -2.34. The van der Waals surface area contributed by atoms with E-state index in [9.17, 15) is 12.8 Å². The smallest absolute Gasteiger partial charge is 0.243 e. The second-order valence-electron chi connectivity index (χ2n) is 5.35. The van der Waals surface area contributed by atoms with Gasteiger partial charge in [0.15, 0.2) is 0 Å². The van der Waals surface area contributed by atoms with Crippen molar-refractivity contribution >= 4 is 26.0 Å². The summed E-state index contributed by atoms with van der Waals surface area (Å²) < 4.78 is 40.8. The van der Waals surface area contributed by atoms with E-state index in [1.54, 1.807) is 6.92 Å². The van der Waals surface area contributed by atoms with Gasteiger partial charge >= 0.3 is 0 Å². The van der Waals surface area contributed by atoms with Gasteiger partial charge in [-0.2, -0.15) is 4.31 Å². The summed E-state index contributed by atoms with van der Waals surface area (Å²) in [7, 11) is -3.68. The van der Waals surface area contributed by atoms with Crippen LogP contribution in [0.5, 0.6) is 0 Å². The maximum atomic E-state index is 13.6. The van der Waals surface area contributed by atoms with Gasteiger partial charge in [0.25, 0.3) is 0 Å². The van der Waals surface area contributed by atoms with E-state index in [-0.39, 0.29) is 21.5 Å². The standard InChI is InChI=1S/C14H20BrFN2O2S/c1-2-18(11-5-3-10(17)4-6-11)21(19,20)12-7-8-13(15)14(16)9-12/h7-11H,2-6,17H2,1H3. The fraction of sp³-hybridized carbons (Fsp3) is 0.571. The van der Waals surface area contributed by atoms with E-state index in [0.29, 0.717) is 6.54 Å². The van der Waals surface area contributed by atoms with Gasteiger partial charge in [0.1, 0.15) is 5.82 Å². The fourth-order valence-corrected chi connectivity index (χ4v) is 4.74. The minimum absolute atomic E-state index is 0.0000723. The Balaban J connectivity index is 2.29. The molecule has 0 bridgehead atoms. The van der Waals surface area contributed by atoms with Gasteiger partial charge in [-0.3, -0.25) is 0 Å². The van der Waals surface area contributed by atoms with E-state index >= 15 is 0 Å². The van der Waals surface area contributed by atoms with Crippen molar-refractivity contribution in [1.82, 2.24) is 4.31 Å². The van der Waals surface area contributed by atoms with Crippen LogP contribution in [-0.2, 0) is 10.0 Å². The molecule has 1 saturated carbocycles. The van der Waals surface area contributed by atoms with Crippen LogP contribution in [0.3, 0.4) is 0 Å². The molecule has 0 spiro atoms. The van der Waals surface area contributed by atoms with Crippen LogP contribution >= 0.6 is 15.9 Å². The number of nitrogens with two attached hydrogens (primary N) is 1. The molecular formula is C14H20BrFN2O2S. The highest BCUT2D eigenvalue weighted by molar-refractivity contribution is 9.10. The number of sulfonamides is 1. The molecule has 1 fully saturated rings. The molecule has 0 aromatic heterocycles. The van der Waals surface area contributed by atoms with Gasteiger partial charge in [-0.25, -0.2) is 12.8 Å². The van der Waals surface area contributed by atoms with Crippen molar-refractivity contribution in [2.24, 2.45) is 5.73 Å². The molecule has 2 rings (SSSR count). The molecular weight excluding hydrogens is 359 g/mol. The highest BCUT2D eigenvalue weighted by atomic mass is 79.9. The van der Waals surface area contributed by atoms with E-state index in [4.69, 9.17) is 5.73 Å². The summed E-state index contributed by atoms with van der Waals surface area (Å²) in [5.74, 6) is -0.571. The number of benzene rings is 1. The molecule has 1 aromatic rings.